The Kier molecular flexibility index (Phi) is 4.18. The summed E-state index contributed by atoms with van der Waals surface area (Å²) in [6.45, 7) is 1.95. The average Bonchev–Trinajstić information content (AvgIpc) is 2.48. The molecule has 0 heterocycles. The Morgan fingerprint density at radius 1 is 1.00 bits per heavy atom. The van der Waals surface area contributed by atoms with Crippen LogP contribution < -0.4 is 4.74 Å². The summed E-state index contributed by atoms with van der Waals surface area (Å²) in [7, 11) is 1.36. The molecule has 2 aromatic carbocycles. The fraction of sp³-hybridized carbons (Fsp3) is 0.188. The summed E-state index contributed by atoms with van der Waals surface area (Å²) >= 11 is 0. The fourth-order valence-corrected chi connectivity index (χ4v) is 1.83. The molecule has 0 amide bonds. The highest BCUT2D eigenvalue weighted by Crippen LogP contribution is 2.25. The third-order valence-corrected chi connectivity index (χ3v) is 2.87. The largest absolute Gasteiger partial charge is 0.485 e. The fourth-order valence-electron chi connectivity index (χ4n) is 1.83. The third kappa shape index (κ3) is 3.13. The van der Waals surface area contributed by atoms with Gasteiger partial charge in [-0.25, -0.2) is 4.79 Å². The van der Waals surface area contributed by atoms with Crippen molar-refractivity contribution < 1.29 is 14.3 Å². The third-order valence-electron chi connectivity index (χ3n) is 2.87. The smallest absolute Gasteiger partial charge is 0.341 e. The molecule has 0 aliphatic carbocycles. The lowest BCUT2D eigenvalue weighted by molar-refractivity contribution is 0.0593. The van der Waals surface area contributed by atoms with Crippen LogP contribution in [0.25, 0.3) is 0 Å². The molecule has 2 aromatic rings. The van der Waals surface area contributed by atoms with Crippen LogP contribution in [0.2, 0.25) is 0 Å². The van der Waals surface area contributed by atoms with Gasteiger partial charge in [0.25, 0.3) is 0 Å². The normalized spacial score (nSPS) is 11.7. The summed E-state index contributed by atoms with van der Waals surface area (Å²) in [4.78, 5) is 11.7. The van der Waals surface area contributed by atoms with E-state index in [1.165, 1.54) is 7.11 Å². The van der Waals surface area contributed by atoms with Crippen molar-refractivity contribution in [2.45, 2.75) is 13.0 Å². The highest BCUT2D eigenvalue weighted by molar-refractivity contribution is 5.92. The molecule has 98 valence electrons. The first-order chi connectivity index (χ1) is 9.22. The number of benzene rings is 2. The lowest BCUT2D eigenvalue weighted by atomic mass is 10.1. The number of methoxy groups -OCH3 is 1. The minimum absolute atomic E-state index is 0.132. The summed E-state index contributed by atoms with van der Waals surface area (Å²) in [5.74, 6) is 0.140. The van der Waals surface area contributed by atoms with Crippen LogP contribution in [0.5, 0.6) is 5.75 Å². The van der Waals surface area contributed by atoms with Gasteiger partial charge < -0.3 is 9.47 Å². The Bertz CT molecular complexity index is 549. The monoisotopic (exact) mass is 256 g/mol. The van der Waals surface area contributed by atoms with Gasteiger partial charge in [0.15, 0.2) is 0 Å². The molecule has 1 atom stereocenters. The van der Waals surface area contributed by atoms with Crippen LogP contribution >= 0.6 is 0 Å². The minimum atomic E-state index is -0.393. The first kappa shape index (κ1) is 13.1. The summed E-state index contributed by atoms with van der Waals surface area (Å²) in [5, 5.41) is 0. The van der Waals surface area contributed by atoms with Crippen molar-refractivity contribution in [2.75, 3.05) is 7.11 Å². The van der Waals surface area contributed by atoms with E-state index in [0.717, 1.165) is 5.56 Å². The molecule has 0 fully saturated rings. The Hall–Kier alpha value is -2.29. The molecule has 0 aromatic heterocycles. The minimum Gasteiger partial charge on any atom is -0.485 e. The van der Waals surface area contributed by atoms with Gasteiger partial charge in [-0.3, -0.25) is 0 Å². The maximum atomic E-state index is 11.7. The van der Waals surface area contributed by atoms with Crippen LogP contribution in [0.4, 0.5) is 0 Å². The van der Waals surface area contributed by atoms with Gasteiger partial charge >= 0.3 is 5.97 Å². The number of rotatable bonds is 4. The number of carbonyl (C=O) groups is 1. The van der Waals surface area contributed by atoms with E-state index in [9.17, 15) is 4.79 Å². The van der Waals surface area contributed by atoms with E-state index < -0.39 is 5.97 Å². The van der Waals surface area contributed by atoms with Crippen molar-refractivity contribution in [3.8, 4) is 5.75 Å². The molecule has 0 aliphatic heterocycles. The van der Waals surface area contributed by atoms with Crippen LogP contribution in [-0.2, 0) is 4.74 Å². The van der Waals surface area contributed by atoms with Crippen molar-refractivity contribution >= 4 is 5.97 Å². The van der Waals surface area contributed by atoms with E-state index in [4.69, 9.17) is 9.47 Å². The maximum Gasteiger partial charge on any atom is 0.341 e. The molecule has 0 N–H and O–H groups in total. The molecule has 1 unspecified atom stereocenters. The molecule has 3 heteroatoms. The van der Waals surface area contributed by atoms with E-state index in [2.05, 4.69) is 0 Å². The highest BCUT2D eigenvalue weighted by atomic mass is 16.5. The van der Waals surface area contributed by atoms with Gasteiger partial charge in [0, 0.05) is 0 Å². The van der Waals surface area contributed by atoms with Crippen LogP contribution in [-0.4, -0.2) is 13.1 Å². The average molecular weight is 256 g/mol. The van der Waals surface area contributed by atoms with Crippen molar-refractivity contribution in [2.24, 2.45) is 0 Å². The lowest BCUT2D eigenvalue weighted by Gasteiger charge is -2.16. The molecule has 0 saturated carbocycles. The second kappa shape index (κ2) is 6.05. The van der Waals surface area contributed by atoms with E-state index in [0.29, 0.717) is 11.3 Å². The first-order valence-corrected chi connectivity index (χ1v) is 6.11. The van der Waals surface area contributed by atoms with Crippen LogP contribution in [0, 0.1) is 0 Å². The second-order valence-electron chi connectivity index (χ2n) is 4.16. The Morgan fingerprint density at radius 2 is 1.63 bits per heavy atom. The van der Waals surface area contributed by atoms with Gasteiger partial charge in [-0.1, -0.05) is 42.5 Å². The highest BCUT2D eigenvalue weighted by Gasteiger charge is 2.15. The molecular weight excluding hydrogens is 240 g/mol. The quantitative estimate of drug-likeness (QED) is 0.784. The van der Waals surface area contributed by atoms with Gasteiger partial charge in [-0.2, -0.15) is 0 Å². The summed E-state index contributed by atoms with van der Waals surface area (Å²) in [6.07, 6.45) is -0.132. The zero-order chi connectivity index (χ0) is 13.7. The molecule has 0 bridgehead atoms. The van der Waals surface area contributed by atoms with Crippen LogP contribution in [0.3, 0.4) is 0 Å². The van der Waals surface area contributed by atoms with E-state index >= 15 is 0 Å². The van der Waals surface area contributed by atoms with E-state index in [-0.39, 0.29) is 6.10 Å². The zero-order valence-electron chi connectivity index (χ0n) is 11.0. The summed E-state index contributed by atoms with van der Waals surface area (Å²) < 4.78 is 10.6. The van der Waals surface area contributed by atoms with Gasteiger partial charge in [0.05, 0.1) is 7.11 Å². The van der Waals surface area contributed by atoms with Crippen LogP contribution in [0.15, 0.2) is 54.6 Å². The van der Waals surface area contributed by atoms with E-state index in [1.54, 1.807) is 18.2 Å². The lowest BCUT2D eigenvalue weighted by Crippen LogP contribution is -2.08. The van der Waals surface area contributed by atoms with Crippen molar-refractivity contribution in [3.05, 3.63) is 65.7 Å². The molecule has 0 radical (unpaired) electrons. The van der Waals surface area contributed by atoms with Gasteiger partial charge in [-0.15, -0.1) is 0 Å². The standard InChI is InChI=1S/C16H16O3/c1-12(13-8-4-3-5-9-13)19-15-11-7-6-10-14(15)16(17)18-2/h3-12H,1-2H3. The molecular formula is C16H16O3. The second-order valence-corrected chi connectivity index (χ2v) is 4.16. The van der Waals surface area contributed by atoms with Gasteiger partial charge in [0.1, 0.15) is 17.4 Å². The summed E-state index contributed by atoms with van der Waals surface area (Å²) in [6, 6.07) is 16.9. The predicted octanol–water partition coefficient (Wildman–Crippen LogP) is 3.61. The van der Waals surface area contributed by atoms with Gasteiger partial charge in [-0.05, 0) is 24.6 Å². The van der Waals surface area contributed by atoms with Crippen LogP contribution in [0.1, 0.15) is 28.9 Å². The Balaban J connectivity index is 2.22. The summed E-state index contributed by atoms with van der Waals surface area (Å²) in [5.41, 5.74) is 1.50. The number of hydrogen-bond acceptors (Lipinski definition) is 3. The zero-order valence-corrected chi connectivity index (χ0v) is 11.0. The molecule has 0 spiro atoms. The molecule has 3 nitrogen and oxygen atoms in total. The Labute approximate surface area is 112 Å². The molecule has 19 heavy (non-hydrogen) atoms. The molecule has 2 rings (SSSR count). The maximum absolute atomic E-state index is 11.7. The van der Waals surface area contributed by atoms with Crippen molar-refractivity contribution in [1.29, 1.82) is 0 Å². The Morgan fingerprint density at radius 3 is 2.32 bits per heavy atom. The first-order valence-electron chi connectivity index (χ1n) is 6.11. The van der Waals surface area contributed by atoms with E-state index in [1.807, 2.05) is 43.3 Å². The number of para-hydroxylation sites is 1. The number of ether oxygens (including phenoxy) is 2. The molecule has 0 saturated heterocycles. The van der Waals surface area contributed by atoms with Gasteiger partial charge in [0.2, 0.25) is 0 Å². The topological polar surface area (TPSA) is 35.5 Å². The number of carbonyl (C=O) groups excluding carboxylic acids is 1. The van der Waals surface area contributed by atoms with Crippen molar-refractivity contribution in [3.63, 3.8) is 0 Å². The predicted molar refractivity (Wildman–Crippen MR) is 73.3 cm³/mol. The number of esters is 1. The molecule has 0 aliphatic rings. The number of hydrogen-bond donors (Lipinski definition) is 0. The van der Waals surface area contributed by atoms with Crippen molar-refractivity contribution in [1.82, 2.24) is 0 Å². The SMILES string of the molecule is COC(=O)c1ccccc1OC(C)c1ccccc1.